The number of aromatic nitrogens is 3. The van der Waals surface area contributed by atoms with Crippen molar-refractivity contribution in [2.45, 2.75) is 11.7 Å². The molecule has 0 aliphatic heterocycles. The topological polar surface area (TPSA) is 107 Å². The molecule has 9 nitrogen and oxygen atoms in total. The normalized spacial score (nSPS) is 10.8. The van der Waals surface area contributed by atoms with Crippen molar-refractivity contribution < 1.29 is 19.1 Å². The standard InChI is InChI=1S/C30H27N5O4S/c1-38-22-16-14-21(15-17-22)32-28(36)19-40-30-34-33-27(35(30)25-12-5-6-13-26(25)39-2)18-31-29(37)24-11-7-9-20-8-3-4-10-23(20)24/h3-17H,18-19H2,1-2H3,(H,31,37)(H,32,36). The van der Waals surface area contributed by atoms with Gasteiger partial charge in [-0.3, -0.25) is 14.2 Å². The minimum atomic E-state index is -0.223. The zero-order valence-corrected chi connectivity index (χ0v) is 22.8. The third kappa shape index (κ3) is 5.92. The summed E-state index contributed by atoms with van der Waals surface area (Å²) in [6, 6.07) is 27.9. The Balaban J connectivity index is 1.36. The number of benzene rings is 4. The Bertz CT molecular complexity index is 1650. The molecule has 0 aliphatic carbocycles. The van der Waals surface area contributed by atoms with Crippen LogP contribution < -0.4 is 20.1 Å². The van der Waals surface area contributed by atoms with Crippen molar-refractivity contribution in [2.24, 2.45) is 0 Å². The van der Waals surface area contributed by atoms with Crippen LogP contribution in [0.15, 0.2) is 96.2 Å². The summed E-state index contributed by atoms with van der Waals surface area (Å²) in [5.41, 5.74) is 1.93. The summed E-state index contributed by atoms with van der Waals surface area (Å²) in [5, 5.41) is 16.9. The first kappa shape index (κ1) is 26.8. The molecule has 1 aromatic heterocycles. The maximum Gasteiger partial charge on any atom is 0.252 e. The van der Waals surface area contributed by atoms with Gasteiger partial charge in [-0.1, -0.05) is 60.3 Å². The van der Waals surface area contributed by atoms with Gasteiger partial charge in [0, 0.05) is 11.3 Å². The van der Waals surface area contributed by atoms with E-state index in [2.05, 4.69) is 20.8 Å². The lowest BCUT2D eigenvalue weighted by atomic mass is 10.0. The molecule has 0 fully saturated rings. The highest BCUT2D eigenvalue weighted by Crippen LogP contribution is 2.29. The van der Waals surface area contributed by atoms with Crippen LogP contribution in [0.4, 0.5) is 5.69 Å². The first-order valence-electron chi connectivity index (χ1n) is 12.5. The maximum atomic E-state index is 13.2. The van der Waals surface area contributed by atoms with Crippen LogP contribution >= 0.6 is 11.8 Å². The quantitative estimate of drug-likeness (QED) is 0.232. The summed E-state index contributed by atoms with van der Waals surface area (Å²) >= 11 is 1.23. The van der Waals surface area contributed by atoms with Crippen molar-refractivity contribution in [1.82, 2.24) is 20.1 Å². The minimum absolute atomic E-state index is 0.0989. The fourth-order valence-electron chi connectivity index (χ4n) is 4.24. The van der Waals surface area contributed by atoms with Crippen molar-refractivity contribution >= 4 is 40.0 Å². The molecule has 0 saturated carbocycles. The number of ether oxygens (including phenoxy) is 2. The first-order valence-corrected chi connectivity index (χ1v) is 13.5. The van der Waals surface area contributed by atoms with Crippen LogP contribution in [0.5, 0.6) is 11.5 Å². The Labute approximate surface area is 235 Å². The molecule has 0 saturated heterocycles. The molecule has 10 heteroatoms. The molecule has 0 atom stereocenters. The number of carbonyl (C=O) groups is 2. The largest absolute Gasteiger partial charge is 0.497 e. The lowest BCUT2D eigenvalue weighted by molar-refractivity contribution is -0.113. The average molecular weight is 554 g/mol. The summed E-state index contributed by atoms with van der Waals surface area (Å²) in [5.74, 6) is 1.48. The first-order chi connectivity index (χ1) is 19.6. The van der Waals surface area contributed by atoms with E-state index in [1.54, 1.807) is 49.1 Å². The number of rotatable bonds is 10. The Morgan fingerprint density at radius 1 is 0.850 bits per heavy atom. The number of anilines is 1. The fraction of sp³-hybridized carbons (Fsp3) is 0.133. The molecule has 5 aromatic rings. The number of methoxy groups -OCH3 is 2. The molecule has 0 unspecified atom stereocenters. The zero-order chi connectivity index (χ0) is 27.9. The van der Waals surface area contributed by atoms with E-state index in [1.807, 2.05) is 60.7 Å². The molecule has 1 heterocycles. The van der Waals surface area contributed by atoms with Gasteiger partial charge in [0.25, 0.3) is 5.91 Å². The van der Waals surface area contributed by atoms with Gasteiger partial charge in [-0.2, -0.15) is 0 Å². The van der Waals surface area contributed by atoms with E-state index in [-0.39, 0.29) is 24.1 Å². The SMILES string of the molecule is COc1ccc(NC(=O)CSc2nnc(CNC(=O)c3cccc4ccccc34)n2-c2ccccc2OC)cc1. The van der Waals surface area contributed by atoms with E-state index >= 15 is 0 Å². The summed E-state index contributed by atoms with van der Waals surface area (Å²) in [4.78, 5) is 25.9. The molecule has 0 radical (unpaired) electrons. The van der Waals surface area contributed by atoms with E-state index in [0.717, 1.165) is 10.8 Å². The highest BCUT2D eigenvalue weighted by atomic mass is 32.2. The van der Waals surface area contributed by atoms with Crippen molar-refractivity contribution in [2.75, 3.05) is 25.3 Å². The predicted molar refractivity (Wildman–Crippen MR) is 155 cm³/mol. The number of hydrogen-bond donors (Lipinski definition) is 2. The monoisotopic (exact) mass is 553 g/mol. The summed E-state index contributed by atoms with van der Waals surface area (Å²) < 4.78 is 12.5. The Morgan fingerprint density at radius 2 is 1.60 bits per heavy atom. The van der Waals surface area contributed by atoms with E-state index in [1.165, 1.54) is 11.8 Å². The van der Waals surface area contributed by atoms with E-state index in [4.69, 9.17) is 9.47 Å². The second kappa shape index (κ2) is 12.4. The van der Waals surface area contributed by atoms with Gasteiger partial charge in [0.15, 0.2) is 11.0 Å². The van der Waals surface area contributed by atoms with Crippen LogP contribution in [-0.4, -0.2) is 46.6 Å². The van der Waals surface area contributed by atoms with Gasteiger partial charge in [-0.05, 0) is 53.2 Å². The van der Waals surface area contributed by atoms with Crippen LogP contribution in [-0.2, 0) is 11.3 Å². The number of nitrogens with one attached hydrogen (secondary N) is 2. The molecule has 0 spiro atoms. The van der Waals surface area contributed by atoms with Gasteiger partial charge in [0.05, 0.1) is 32.2 Å². The van der Waals surface area contributed by atoms with Crippen molar-refractivity contribution in [3.63, 3.8) is 0 Å². The Morgan fingerprint density at radius 3 is 2.40 bits per heavy atom. The molecule has 5 rings (SSSR count). The van der Waals surface area contributed by atoms with Crippen molar-refractivity contribution in [1.29, 1.82) is 0 Å². The number of amides is 2. The number of hydrogen-bond acceptors (Lipinski definition) is 7. The van der Waals surface area contributed by atoms with Crippen LogP contribution in [0.1, 0.15) is 16.2 Å². The smallest absolute Gasteiger partial charge is 0.252 e. The Hall–Kier alpha value is -4.83. The summed E-state index contributed by atoms with van der Waals surface area (Å²) in [7, 11) is 3.17. The van der Waals surface area contributed by atoms with Gasteiger partial charge in [-0.25, -0.2) is 0 Å². The lowest BCUT2D eigenvalue weighted by Crippen LogP contribution is -2.25. The van der Waals surface area contributed by atoms with Crippen molar-refractivity contribution in [3.05, 3.63) is 102 Å². The number of carbonyl (C=O) groups excluding carboxylic acids is 2. The van der Waals surface area contributed by atoms with Crippen LogP contribution in [0.25, 0.3) is 16.5 Å². The molecular weight excluding hydrogens is 526 g/mol. The van der Waals surface area contributed by atoms with Crippen LogP contribution in [0, 0.1) is 0 Å². The predicted octanol–water partition coefficient (Wildman–Crippen LogP) is 5.10. The molecule has 4 aromatic carbocycles. The highest BCUT2D eigenvalue weighted by molar-refractivity contribution is 7.99. The van der Waals surface area contributed by atoms with Gasteiger partial charge in [-0.15, -0.1) is 10.2 Å². The Kier molecular flexibility index (Phi) is 8.26. The minimum Gasteiger partial charge on any atom is -0.497 e. The number of thioether (sulfide) groups is 1. The third-order valence-corrected chi connectivity index (χ3v) is 7.10. The van der Waals surface area contributed by atoms with Gasteiger partial charge in [0.2, 0.25) is 5.91 Å². The zero-order valence-electron chi connectivity index (χ0n) is 22.0. The second-order valence-electron chi connectivity index (χ2n) is 8.68. The van der Waals surface area contributed by atoms with E-state index in [0.29, 0.717) is 39.4 Å². The van der Waals surface area contributed by atoms with Gasteiger partial charge >= 0.3 is 0 Å². The molecular formula is C30H27N5O4S. The second-order valence-corrected chi connectivity index (χ2v) is 9.62. The van der Waals surface area contributed by atoms with Crippen LogP contribution in [0.2, 0.25) is 0 Å². The number of fused-ring (bicyclic) bond motifs is 1. The summed E-state index contributed by atoms with van der Waals surface area (Å²) in [6.07, 6.45) is 0. The molecule has 202 valence electrons. The van der Waals surface area contributed by atoms with E-state index < -0.39 is 0 Å². The fourth-order valence-corrected chi connectivity index (χ4v) is 5.01. The van der Waals surface area contributed by atoms with Gasteiger partial charge in [0.1, 0.15) is 11.5 Å². The molecule has 2 amide bonds. The summed E-state index contributed by atoms with van der Waals surface area (Å²) in [6.45, 7) is 0.117. The van der Waals surface area contributed by atoms with Gasteiger partial charge < -0.3 is 20.1 Å². The molecule has 2 N–H and O–H groups in total. The number of para-hydroxylation sites is 2. The lowest BCUT2D eigenvalue weighted by Gasteiger charge is -2.14. The number of nitrogens with zero attached hydrogens (tertiary/aromatic N) is 3. The molecule has 0 bridgehead atoms. The third-order valence-electron chi connectivity index (χ3n) is 6.17. The molecule has 0 aliphatic rings. The average Bonchev–Trinajstić information content (AvgIpc) is 3.41. The van der Waals surface area contributed by atoms with Crippen LogP contribution in [0.3, 0.4) is 0 Å². The maximum absolute atomic E-state index is 13.2. The van der Waals surface area contributed by atoms with E-state index in [9.17, 15) is 9.59 Å². The molecule has 40 heavy (non-hydrogen) atoms. The highest BCUT2D eigenvalue weighted by Gasteiger charge is 2.20. The van der Waals surface area contributed by atoms with Crippen molar-refractivity contribution in [3.8, 4) is 17.2 Å².